The molecule has 1 aliphatic carbocycles. The van der Waals surface area contributed by atoms with Gasteiger partial charge in [0.05, 0.1) is 13.2 Å². The van der Waals surface area contributed by atoms with E-state index in [1.807, 2.05) is 19.1 Å². The molecule has 6 heteroatoms. The van der Waals surface area contributed by atoms with Crippen LogP contribution in [0.25, 0.3) is 0 Å². The lowest BCUT2D eigenvalue weighted by Gasteiger charge is -2.24. The topological polar surface area (TPSA) is 61.8 Å². The molecule has 1 aromatic heterocycles. The first-order valence-corrected chi connectivity index (χ1v) is 10.1. The predicted octanol–water partition coefficient (Wildman–Crippen LogP) is 2.55. The van der Waals surface area contributed by atoms with Crippen molar-refractivity contribution in [2.75, 3.05) is 26.2 Å². The van der Waals surface area contributed by atoms with Crippen LogP contribution in [0.2, 0.25) is 0 Å². The van der Waals surface area contributed by atoms with E-state index in [1.54, 1.807) is 6.20 Å². The Hall–Kier alpha value is -1.82. The van der Waals surface area contributed by atoms with Gasteiger partial charge >= 0.3 is 0 Å². The first-order valence-electron chi connectivity index (χ1n) is 10.1. The van der Waals surface area contributed by atoms with Crippen LogP contribution in [0.1, 0.15) is 51.5 Å². The second-order valence-corrected chi connectivity index (χ2v) is 7.19. The molecule has 2 aliphatic rings. The van der Waals surface area contributed by atoms with Crippen LogP contribution in [0.5, 0.6) is 5.88 Å². The van der Waals surface area contributed by atoms with Crippen molar-refractivity contribution in [3.8, 4) is 5.88 Å². The Morgan fingerprint density at radius 3 is 2.92 bits per heavy atom. The highest BCUT2D eigenvalue weighted by atomic mass is 16.5. The maximum Gasteiger partial charge on any atom is 0.213 e. The molecule has 6 nitrogen and oxygen atoms in total. The molecule has 26 heavy (non-hydrogen) atoms. The largest absolute Gasteiger partial charge is 0.478 e. The summed E-state index contributed by atoms with van der Waals surface area (Å²) in [7, 11) is 0. The number of ether oxygens (including phenoxy) is 1. The van der Waals surface area contributed by atoms with Gasteiger partial charge in [-0.05, 0) is 44.7 Å². The fraction of sp³-hybridized carbons (Fsp3) is 0.700. The average Bonchev–Trinajstić information content (AvgIpc) is 3.32. The van der Waals surface area contributed by atoms with Gasteiger partial charge in [-0.2, -0.15) is 0 Å². The summed E-state index contributed by atoms with van der Waals surface area (Å²) in [6, 6.07) is 5.26. The highest BCUT2D eigenvalue weighted by Gasteiger charge is 2.30. The van der Waals surface area contributed by atoms with E-state index in [2.05, 4.69) is 27.4 Å². The number of hydrogen-bond acceptors (Lipinski definition) is 4. The number of nitrogens with zero attached hydrogens (tertiary/aromatic N) is 3. The highest BCUT2D eigenvalue weighted by molar-refractivity contribution is 5.80. The highest BCUT2D eigenvalue weighted by Crippen LogP contribution is 2.26. The molecule has 3 rings (SSSR count). The van der Waals surface area contributed by atoms with Gasteiger partial charge in [-0.15, -0.1) is 0 Å². The number of aliphatic imine (C=N–C) groups is 1. The summed E-state index contributed by atoms with van der Waals surface area (Å²) in [5.41, 5.74) is 1.11. The third kappa shape index (κ3) is 5.34. The zero-order valence-electron chi connectivity index (χ0n) is 16.2. The van der Waals surface area contributed by atoms with Crippen molar-refractivity contribution >= 4 is 5.96 Å². The zero-order chi connectivity index (χ0) is 18.2. The van der Waals surface area contributed by atoms with Crippen LogP contribution in [0.4, 0.5) is 0 Å². The number of guanidine groups is 1. The van der Waals surface area contributed by atoms with Gasteiger partial charge < -0.3 is 15.4 Å². The minimum Gasteiger partial charge on any atom is -0.478 e. The molecule has 0 amide bonds. The van der Waals surface area contributed by atoms with Crippen LogP contribution < -0.4 is 15.4 Å². The Bertz CT molecular complexity index is 585. The molecule has 1 saturated carbocycles. The van der Waals surface area contributed by atoms with Crippen molar-refractivity contribution in [1.82, 2.24) is 20.5 Å². The van der Waals surface area contributed by atoms with Crippen LogP contribution in [-0.4, -0.2) is 54.2 Å². The fourth-order valence-electron chi connectivity index (χ4n) is 3.97. The second kappa shape index (κ2) is 9.76. The van der Waals surface area contributed by atoms with E-state index >= 15 is 0 Å². The van der Waals surface area contributed by atoms with Gasteiger partial charge in [0.25, 0.3) is 0 Å². The Labute approximate surface area is 157 Å². The summed E-state index contributed by atoms with van der Waals surface area (Å²) >= 11 is 0. The standard InChI is InChI=1S/C20H33N5O/c1-3-21-20(23-14-16-9-11-22-19(13-16)26-4-2)24-17-10-12-25(15-17)18-7-5-6-8-18/h9,11,13,17-18H,3-8,10,12,14-15H2,1-2H3,(H2,21,23,24). The summed E-state index contributed by atoms with van der Waals surface area (Å²) in [5.74, 6) is 1.57. The molecule has 0 spiro atoms. The van der Waals surface area contributed by atoms with E-state index in [1.165, 1.54) is 38.6 Å². The fourth-order valence-corrected chi connectivity index (χ4v) is 3.97. The van der Waals surface area contributed by atoms with Gasteiger partial charge in [0.1, 0.15) is 0 Å². The van der Waals surface area contributed by atoms with Crippen LogP contribution in [0, 0.1) is 0 Å². The Morgan fingerprint density at radius 1 is 1.31 bits per heavy atom. The lowest BCUT2D eigenvalue weighted by molar-refractivity contribution is 0.242. The molecule has 1 saturated heterocycles. The molecule has 2 fully saturated rings. The summed E-state index contributed by atoms with van der Waals surface area (Å²) in [4.78, 5) is 11.6. The molecule has 2 N–H and O–H groups in total. The molecule has 2 heterocycles. The summed E-state index contributed by atoms with van der Waals surface area (Å²) < 4.78 is 5.47. The lowest BCUT2D eigenvalue weighted by atomic mass is 10.2. The zero-order valence-corrected chi connectivity index (χ0v) is 16.2. The van der Waals surface area contributed by atoms with Crippen LogP contribution in [-0.2, 0) is 6.54 Å². The van der Waals surface area contributed by atoms with Crippen molar-refractivity contribution in [1.29, 1.82) is 0 Å². The Kier molecular flexibility index (Phi) is 7.12. The SMILES string of the molecule is CCNC(=NCc1ccnc(OCC)c1)NC1CCN(C2CCCC2)C1. The van der Waals surface area contributed by atoms with E-state index in [4.69, 9.17) is 9.73 Å². The quantitative estimate of drug-likeness (QED) is 0.579. The van der Waals surface area contributed by atoms with Crippen LogP contribution in [0.3, 0.4) is 0 Å². The first kappa shape index (κ1) is 19.0. The lowest BCUT2D eigenvalue weighted by Crippen LogP contribution is -2.45. The van der Waals surface area contributed by atoms with Gasteiger partial charge in [-0.3, -0.25) is 4.90 Å². The van der Waals surface area contributed by atoms with Crippen molar-refractivity contribution < 1.29 is 4.74 Å². The monoisotopic (exact) mass is 359 g/mol. The maximum absolute atomic E-state index is 5.47. The smallest absolute Gasteiger partial charge is 0.213 e. The van der Waals surface area contributed by atoms with E-state index < -0.39 is 0 Å². The number of likely N-dealkylation sites (tertiary alicyclic amines) is 1. The number of pyridine rings is 1. The predicted molar refractivity (Wildman–Crippen MR) is 106 cm³/mol. The van der Waals surface area contributed by atoms with Crippen molar-refractivity contribution in [3.63, 3.8) is 0 Å². The Morgan fingerprint density at radius 2 is 2.15 bits per heavy atom. The normalized spacial score (nSPS) is 21.9. The molecule has 1 unspecified atom stereocenters. The van der Waals surface area contributed by atoms with Crippen LogP contribution in [0.15, 0.2) is 23.3 Å². The third-order valence-corrected chi connectivity index (χ3v) is 5.26. The molecule has 1 aliphatic heterocycles. The minimum absolute atomic E-state index is 0.491. The summed E-state index contributed by atoms with van der Waals surface area (Å²) in [6.07, 6.45) is 8.55. The maximum atomic E-state index is 5.47. The molecule has 1 aromatic rings. The van der Waals surface area contributed by atoms with Gasteiger partial charge in [0.2, 0.25) is 5.88 Å². The first-order chi connectivity index (χ1) is 12.8. The summed E-state index contributed by atoms with van der Waals surface area (Å²) in [5, 5.41) is 7.01. The number of rotatable bonds is 7. The minimum atomic E-state index is 0.491. The van der Waals surface area contributed by atoms with Crippen molar-refractivity contribution in [2.45, 2.75) is 64.6 Å². The molecule has 1 atom stereocenters. The molecular weight excluding hydrogens is 326 g/mol. The van der Waals surface area contributed by atoms with Gasteiger partial charge in [0.15, 0.2) is 5.96 Å². The van der Waals surface area contributed by atoms with Crippen molar-refractivity contribution in [2.24, 2.45) is 4.99 Å². The molecular formula is C20H33N5O. The van der Waals surface area contributed by atoms with Gasteiger partial charge in [-0.25, -0.2) is 9.98 Å². The second-order valence-electron chi connectivity index (χ2n) is 7.19. The molecule has 0 radical (unpaired) electrons. The average molecular weight is 360 g/mol. The third-order valence-electron chi connectivity index (χ3n) is 5.26. The van der Waals surface area contributed by atoms with Gasteiger partial charge in [-0.1, -0.05) is 12.8 Å². The van der Waals surface area contributed by atoms with E-state index in [0.717, 1.165) is 30.7 Å². The number of aromatic nitrogens is 1. The van der Waals surface area contributed by atoms with Crippen LogP contribution >= 0.6 is 0 Å². The number of hydrogen-bond donors (Lipinski definition) is 2. The Balaban J connectivity index is 1.54. The summed E-state index contributed by atoms with van der Waals surface area (Å²) in [6.45, 7) is 8.54. The molecule has 0 bridgehead atoms. The van der Waals surface area contributed by atoms with E-state index in [9.17, 15) is 0 Å². The number of nitrogens with one attached hydrogen (secondary N) is 2. The van der Waals surface area contributed by atoms with Crippen molar-refractivity contribution in [3.05, 3.63) is 23.9 Å². The van der Waals surface area contributed by atoms with Gasteiger partial charge in [0, 0.05) is 44.0 Å². The molecule has 0 aromatic carbocycles. The van der Waals surface area contributed by atoms with E-state index in [0.29, 0.717) is 25.1 Å². The molecule has 144 valence electrons. The van der Waals surface area contributed by atoms with E-state index in [-0.39, 0.29) is 0 Å².